The summed E-state index contributed by atoms with van der Waals surface area (Å²) in [4.78, 5) is 0. The van der Waals surface area contributed by atoms with Crippen molar-refractivity contribution in [1.82, 2.24) is 0 Å². The van der Waals surface area contributed by atoms with E-state index in [2.05, 4.69) is 13.5 Å². The third-order valence-electron chi connectivity index (χ3n) is 2.84. The fourth-order valence-corrected chi connectivity index (χ4v) is 2.02. The van der Waals surface area contributed by atoms with Crippen LogP contribution in [0.3, 0.4) is 0 Å². The Balaban J connectivity index is 1.99. The van der Waals surface area contributed by atoms with E-state index in [1.54, 1.807) is 0 Å². The van der Waals surface area contributed by atoms with Crippen molar-refractivity contribution in [3.63, 3.8) is 0 Å². The molecule has 68 valence electrons. The highest BCUT2D eigenvalue weighted by molar-refractivity contribution is 5.10. The van der Waals surface area contributed by atoms with E-state index in [1.807, 2.05) is 0 Å². The van der Waals surface area contributed by atoms with E-state index in [0.29, 0.717) is 12.0 Å². The van der Waals surface area contributed by atoms with Crippen LogP contribution in [0.1, 0.15) is 26.2 Å². The molecule has 0 radical (unpaired) electrons. The number of ether oxygens (including phenoxy) is 2. The first-order chi connectivity index (χ1) is 5.81. The minimum atomic E-state index is 0.0390. The van der Waals surface area contributed by atoms with E-state index in [1.165, 1.54) is 5.57 Å². The lowest BCUT2D eigenvalue weighted by Gasteiger charge is -2.32. The summed E-state index contributed by atoms with van der Waals surface area (Å²) in [5.74, 6) is 0.479. The van der Waals surface area contributed by atoms with Gasteiger partial charge in [-0.1, -0.05) is 19.1 Å². The zero-order valence-electron chi connectivity index (χ0n) is 7.58. The first-order valence-corrected chi connectivity index (χ1v) is 4.76. The highest BCUT2D eigenvalue weighted by atomic mass is 16.7. The van der Waals surface area contributed by atoms with Crippen molar-refractivity contribution >= 4 is 0 Å². The third kappa shape index (κ3) is 1.29. The van der Waals surface area contributed by atoms with Crippen LogP contribution in [0.15, 0.2) is 12.2 Å². The van der Waals surface area contributed by atoms with Crippen LogP contribution in [-0.4, -0.2) is 19.0 Å². The van der Waals surface area contributed by atoms with Gasteiger partial charge in [0.05, 0.1) is 12.7 Å². The smallest absolute Gasteiger partial charge is 0.157 e. The van der Waals surface area contributed by atoms with Crippen molar-refractivity contribution in [2.75, 3.05) is 6.61 Å². The van der Waals surface area contributed by atoms with Gasteiger partial charge in [0.1, 0.15) is 0 Å². The van der Waals surface area contributed by atoms with E-state index < -0.39 is 0 Å². The molecule has 2 fully saturated rings. The molecule has 1 aliphatic carbocycles. The van der Waals surface area contributed by atoms with Crippen molar-refractivity contribution in [3.8, 4) is 0 Å². The normalized spacial score (nSPS) is 41.4. The van der Waals surface area contributed by atoms with Crippen LogP contribution in [0.5, 0.6) is 0 Å². The van der Waals surface area contributed by atoms with Gasteiger partial charge in [0.2, 0.25) is 0 Å². The van der Waals surface area contributed by atoms with Gasteiger partial charge in [-0.2, -0.15) is 0 Å². The number of rotatable bonds is 1. The van der Waals surface area contributed by atoms with Crippen LogP contribution in [0.4, 0.5) is 0 Å². The van der Waals surface area contributed by atoms with E-state index in [-0.39, 0.29) is 6.29 Å². The second-order valence-corrected chi connectivity index (χ2v) is 3.65. The summed E-state index contributed by atoms with van der Waals surface area (Å²) in [5.41, 5.74) is 1.31. The fourth-order valence-electron chi connectivity index (χ4n) is 2.02. The number of hydrogen-bond acceptors (Lipinski definition) is 2. The highest BCUT2D eigenvalue weighted by Gasteiger charge is 2.36. The second kappa shape index (κ2) is 3.19. The summed E-state index contributed by atoms with van der Waals surface area (Å²) in [6.45, 7) is 6.94. The van der Waals surface area contributed by atoms with Gasteiger partial charge in [-0.15, -0.1) is 0 Å². The van der Waals surface area contributed by atoms with E-state index in [9.17, 15) is 0 Å². The molecule has 0 aromatic rings. The first-order valence-electron chi connectivity index (χ1n) is 4.76. The Hall–Kier alpha value is -0.340. The summed E-state index contributed by atoms with van der Waals surface area (Å²) in [7, 11) is 0. The van der Waals surface area contributed by atoms with Crippen molar-refractivity contribution in [2.45, 2.75) is 38.6 Å². The zero-order chi connectivity index (χ0) is 8.55. The zero-order valence-corrected chi connectivity index (χ0v) is 7.58. The molecule has 1 saturated carbocycles. The van der Waals surface area contributed by atoms with Crippen LogP contribution in [-0.2, 0) is 9.47 Å². The predicted molar refractivity (Wildman–Crippen MR) is 46.8 cm³/mol. The van der Waals surface area contributed by atoms with Gasteiger partial charge in [0.25, 0.3) is 0 Å². The molecule has 0 spiro atoms. The Morgan fingerprint density at radius 1 is 1.58 bits per heavy atom. The summed E-state index contributed by atoms with van der Waals surface area (Å²) in [6.07, 6.45) is 3.65. The van der Waals surface area contributed by atoms with Gasteiger partial charge in [-0.05, 0) is 19.3 Å². The number of fused-ring (bicyclic) bond motifs is 1. The molecule has 0 aromatic carbocycles. The van der Waals surface area contributed by atoms with Gasteiger partial charge in [0, 0.05) is 5.92 Å². The Kier molecular flexibility index (Phi) is 2.20. The van der Waals surface area contributed by atoms with Gasteiger partial charge in [-0.3, -0.25) is 0 Å². The Morgan fingerprint density at radius 2 is 2.42 bits per heavy atom. The molecule has 0 N–H and O–H groups in total. The van der Waals surface area contributed by atoms with Crippen molar-refractivity contribution in [1.29, 1.82) is 0 Å². The molecule has 0 amide bonds. The summed E-state index contributed by atoms with van der Waals surface area (Å²) < 4.78 is 11.3. The molecule has 0 bridgehead atoms. The van der Waals surface area contributed by atoms with Crippen LogP contribution in [0, 0.1) is 5.92 Å². The van der Waals surface area contributed by atoms with Crippen molar-refractivity contribution < 1.29 is 9.47 Å². The topological polar surface area (TPSA) is 18.5 Å². The summed E-state index contributed by atoms with van der Waals surface area (Å²) in [6, 6.07) is 0. The SMILES string of the molecule is C=C1CCC2OC(CC)OCC12. The average molecular weight is 168 g/mol. The lowest BCUT2D eigenvalue weighted by Crippen LogP contribution is -2.36. The quantitative estimate of drug-likeness (QED) is 0.558. The Morgan fingerprint density at radius 3 is 3.17 bits per heavy atom. The third-order valence-corrected chi connectivity index (χ3v) is 2.84. The maximum atomic E-state index is 5.75. The second-order valence-electron chi connectivity index (χ2n) is 3.65. The molecule has 2 nitrogen and oxygen atoms in total. The molecule has 2 rings (SSSR count). The monoisotopic (exact) mass is 168 g/mol. The standard InChI is InChI=1S/C10H16O2/c1-3-10-11-6-8-7(2)4-5-9(8)12-10/h8-10H,2-6H2,1H3. The molecule has 1 heterocycles. The molecule has 3 unspecified atom stereocenters. The molecule has 1 saturated heterocycles. The molecule has 2 aliphatic rings. The van der Waals surface area contributed by atoms with E-state index >= 15 is 0 Å². The molecule has 3 atom stereocenters. The summed E-state index contributed by atoms with van der Waals surface area (Å²) in [5, 5.41) is 0. The van der Waals surface area contributed by atoms with E-state index in [0.717, 1.165) is 25.9 Å². The minimum absolute atomic E-state index is 0.0390. The molecule has 1 aliphatic heterocycles. The maximum absolute atomic E-state index is 5.75. The molecule has 0 aromatic heterocycles. The van der Waals surface area contributed by atoms with Gasteiger partial charge in [-0.25, -0.2) is 0 Å². The molecule has 12 heavy (non-hydrogen) atoms. The summed E-state index contributed by atoms with van der Waals surface area (Å²) >= 11 is 0. The lowest BCUT2D eigenvalue weighted by atomic mass is 10.0. The average Bonchev–Trinajstić information content (AvgIpc) is 2.47. The molecular weight excluding hydrogens is 152 g/mol. The fraction of sp³-hybridized carbons (Fsp3) is 0.800. The minimum Gasteiger partial charge on any atom is -0.352 e. The molecular formula is C10H16O2. The molecule has 2 heteroatoms. The highest BCUT2D eigenvalue weighted by Crippen LogP contribution is 2.36. The van der Waals surface area contributed by atoms with Crippen LogP contribution >= 0.6 is 0 Å². The van der Waals surface area contributed by atoms with Gasteiger partial charge in [0.15, 0.2) is 6.29 Å². The van der Waals surface area contributed by atoms with Crippen LogP contribution < -0.4 is 0 Å². The first kappa shape index (κ1) is 8.27. The van der Waals surface area contributed by atoms with Crippen LogP contribution in [0.25, 0.3) is 0 Å². The van der Waals surface area contributed by atoms with Gasteiger partial charge >= 0.3 is 0 Å². The Bertz CT molecular complexity index is 188. The lowest BCUT2D eigenvalue weighted by molar-refractivity contribution is -0.224. The Labute approximate surface area is 73.5 Å². The largest absolute Gasteiger partial charge is 0.352 e. The maximum Gasteiger partial charge on any atom is 0.157 e. The van der Waals surface area contributed by atoms with Gasteiger partial charge < -0.3 is 9.47 Å². The predicted octanol–water partition coefficient (Wildman–Crippen LogP) is 2.10. The number of hydrogen-bond donors (Lipinski definition) is 0. The van der Waals surface area contributed by atoms with Crippen molar-refractivity contribution in [2.24, 2.45) is 5.92 Å². The van der Waals surface area contributed by atoms with Crippen LogP contribution in [0.2, 0.25) is 0 Å². The van der Waals surface area contributed by atoms with E-state index in [4.69, 9.17) is 9.47 Å². The van der Waals surface area contributed by atoms with Crippen molar-refractivity contribution in [3.05, 3.63) is 12.2 Å².